The van der Waals surface area contributed by atoms with Gasteiger partial charge >= 0.3 is 0 Å². The van der Waals surface area contributed by atoms with Gasteiger partial charge in [0, 0.05) is 53.0 Å². The first-order valence-corrected chi connectivity index (χ1v) is 12.0. The molecular formula is C26H34N4O4. The van der Waals surface area contributed by atoms with Crippen molar-refractivity contribution in [1.29, 1.82) is 0 Å². The number of pyridine rings is 1. The van der Waals surface area contributed by atoms with Crippen molar-refractivity contribution < 1.29 is 19.1 Å². The van der Waals surface area contributed by atoms with Gasteiger partial charge in [0.15, 0.2) is 0 Å². The van der Waals surface area contributed by atoms with Crippen LogP contribution < -0.4 is 4.74 Å². The van der Waals surface area contributed by atoms with E-state index in [1.54, 1.807) is 36.2 Å². The Morgan fingerprint density at radius 1 is 1.09 bits per heavy atom. The molecule has 0 bridgehead atoms. The fraction of sp³-hybridized carbons (Fsp3) is 0.500. The zero-order valence-corrected chi connectivity index (χ0v) is 20.1. The molecule has 0 unspecified atom stereocenters. The highest BCUT2D eigenvalue weighted by molar-refractivity contribution is 5.98. The van der Waals surface area contributed by atoms with Gasteiger partial charge in [-0.1, -0.05) is 18.2 Å². The second-order valence-corrected chi connectivity index (χ2v) is 9.13. The van der Waals surface area contributed by atoms with Gasteiger partial charge in [-0.05, 0) is 37.1 Å². The number of piperidine rings is 1. The lowest BCUT2D eigenvalue weighted by Gasteiger charge is -2.42. The summed E-state index contributed by atoms with van der Waals surface area (Å²) in [7, 11) is 3.51. The van der Waals surface area contributed by atoms with Crippen LogP contribution in [-0.2, 0) is 14.9 Å². The average molecular weight is 467 g/mol. The number of amides is 2. The van der Waals surface area contributed by atoms with Crippen LogP contribution in [-0.4, -0.2) is 98.1 Å². The summed E-state index contributed by atoms with van der Waals surface area (Å²) in [5.41, 5.74) is 0.380. The standard InChI is InChI=1S/C26H34N4O4/c1-28(2)25(32)26(23-10-5-6-12-27-23)11-7-13-30(20-26)24(31)21-8-3-4-9-22(21)34-19-16-29-14-17-33-18-15-29/h3-6,8-10,12H,7,11,13-20H2,1-2H3/t26-/m0/s1. The summed E-state index contributed by atoms with van der Waals surface area (Å²) in [5.74, 6) is 0.431. The monoisotopic (exact) mass is 466 g/mol. The molecule has 0 N–H and O–H groups in total. The van der Waals surface area contributed by atoms with Gasteiger partial charge in [-0.15, -0.1) is 0 Å². The molecule has 3 heterocycles. The predicted octanol–water partition coefficient (Wildman–Crippen LogP) is 2.05. The fourth-order valence-corrected chi connectivity index (χ4v) is 4.85. The van der Waals surface area contributed by atoms with Crippen LogP contribution in [0.25, 0.3) is 0 Å². The molecule has 182 valence electrons. The van der Waals surface area contributed by atoms with E-state index >= 15 is 0 Å². The number of carbonyl (C=O) groups excluding carboxylic acids is 2. The van der Waals surface area contributed by atoms with Crippen molar-refractivity contribution in [3.63, 3.8) is 0 Å². The zero-order valence-electron chi connectivity index (χ0n) is 20.1. The van der Waals surface area contributed by atoms with Crippen molar-refractivity contribution in [2.24, 2.45) is 0 Å². The molecule has 1 aromatic carbocycles. The second kappa shape index (κ2) is 11.0. The van der Waals surface area contributed by atoms with Crippen molar-refractivity contribution >= 4 is 11.8 Å². The van der Waals surface area contributed by atoms with Gasteiger partial charge < -0.3 is 19.3 Å². The Balaban J connectivity index is 1.52. The molecule has 8 nitrogen and oxygen atoms in total. The number of rotatable bonds is 7. The van der Waals surface area contributed by atoms with Crippen LogP contribution in [0.4, 0.5) is 0 Å². The molecule has 2 aliphatic heterocycles. The van der Waals surface area contributed by atoms with Crippen molar-refractivity contribution in [1.82, 2.24) is 19.7 Å². The lowest BCUT2D eigenvalue weighted by molar-refractivity contribution is -0.136. The van der Waals surface area contributed by atoms with Crippen LogP contribution in [0.2, 0.25) is 0 Å². The topological polar surface area (TPSA) is 75.2 Å². The first kappa shape index (κ1) is 24.2. The van der Waals surface area contributed by atoms with Gasteiger partial charge in [0.25, 0.3) is 5.91 Å². The molecular weight excluding hydrogens is 432 g/mol. The van der Waals surface area contributed by atoms with E-state index in [4.69, 9.17) is 9.47 Å². The van der Waals surface area contributed by atoms with Crippen molar-refractivity contribution in [3.05, 3.63) is 59.9 Å². The third-order valence-electron chi connectivity index (χ3n) is 6.64. The number of likely N-dealkylation sites (tertiary alicyclic amines) is 1. The number of likely N-dealkylation sites (N-methyl/N-ethyl adjacent to an activating group) is 1. The summed E-state index contributed by atoms with van der Waals surface area (Å²) in [6, 6.07) is 13.0. The molecule has 34 heavy (non-hydrogen) atoms. The molecule has 0 radical (unpaired) electrons. The van der Waals surface area contributed by atoms with E-state index < -0.39 is 5.41 Å². The number of hydrogen-bond donors (Lipinski definition) is 0. The number of ether oxygens (including phenoxy) is 2. The van der Waals surface area contributed by atoms with Gasteiger partial charge in [-0.3, -0.25) is 19.5 Å². The minimum absolute atomic E-state index is 0.0289. The normalized spacial score (nSPS) is 21.2. The van der Waals surface area contributed by atoms with Gasteiger partial charge in [0.1, 0.15) is 17.8 Å². The molecule has 8 heteroatoms. The lowest BCUT2D eigenvalue weighted by atomic mass is 9.75. The largest absolute Gasteiger partial charge is 0.491 e. The lowest BCUT2D eigenvalue weighted by Crippen LogP contribution is -2.56. The summed E-state index contributed by atoms with van der Waals surface area (Å²) in [5, 5.41) is 0. The number of morpholine rings is 1. The molecule has 0 saturated carbocycles. The van der Waals surface area contributed by atoms with Crippen LogP contribution >= 0.6 is 0 Å². The average Bonchev–Trinajstić information content (AvgIpc) is 2.89. The molecule has 4 rings (SSSR count). The van der Waals surface area contributed by atoms with E-state index in [0.29, 0.717) is 43.1 Å². The van der Waals surface area contributed by atoms with Crippen molar-refractivity contribution in [3.8, 4) is 5.75 Å². The maximum atomic E-state index is 13.7. The predicted molar refractivity (Wildman–Crippen MR) is 129 cm³/mol. The summed E-state index contributed by atoms with van der Waals surface area (Å²) >= 11 is 0. The molecule has 2 aromatic rings. The van der Waals surface area contributed by atoms with E-state index in [-0.39, 0.29) is 11.8 Å². The zero-order chi connectivity index (χ0) is 24.0. The van der Waals surface area contributed by atoms with E-state index in [1.165, 1.54) is 0 Å². The van der Waals surface area contributed by atoms with E-state index in [1.807, 2.05) is 36.4 Å². The Bertz CT molecular complexity index is 978. The summed E-state index contributed by atoms with van der Waals surface area (Å²) in [4.78, 5) is 37.3. The minimum Gasteiger partial charge on any atom is -0.491 e. The van der Waals surface area contributed by atoms with Crippen LogP contribution in [0.3, 0.4) is 0 Å². The smallest absolute Gasteiger partial charge is 0.257 e. The Labute approximate surface area is 201 Å². The first-order valence-electron chi connectivity index (χ1n) is 12.0. The Kier molecular flexibility index (Phi) is 7.80. The number of aromatic nitrogens is 1. The second-order valence-electron chi connectivity index (χ2n) is 9.13. The van der Waals surface area contributed by atoms with Crippen molar-refractivity contribution in [2.75, 3.05) is 66.6 Å². The summed E-state index contributed by atoms with van der Waals surface area (Å²) in [6.07, 6.45) is 3.09. The van der Waals surface area contributed by atoms with Crippen molar-refractivity contribution in [2.45, 2.75) is 18.3 Å². The highest BCUT2D eigenvalue weighted by Crippen LogP contribution is 2.36. The first-order chi connectivity index (χ1) is 16.5. The molecule has 1 atom stereocenters. The third-order valence-corrected chi connectivity index (χ3v) is 6.64. The minimum atomic E-state index is -0.856. The molecule has 1 aromatic heterocycles. The molecule has 2 amide bonds. The Morgan fingerprint density at radius 3 is 2.59 bits per heavy atom. The highest BCUT2D eigenvalue weighted by Gasteiger charge is 2.47. The van der Waals surface area contributed by atoms with Gasteiger partial charge in [0.05, 0.1) is 24.5 Å². The van der Waals surface area contributed by atoms with E-state index in [9.17, 15) is 9.59 Å². The molecule has 2 aliphatic rings. The summed E-state index contributed by atoms with van der Waals surface area (Å²) in [6.45, 7) is 5.46. The van der Waals surface area contributed by atoms with E-state index in [2.05, 4.69) is 9.88 Å². The van der Waals surface area contributed by atoms with Gasteiger partial charge in [0.2, 0.25) is 5.91 Å². The van der Waals surface area contributed by atoms with Crippen LogP contribution in [0.5, 0.6) is 5.75 Å². The Morgan fingerprint density at radius 2 is 1.85 bits per heavy atom. The fourth-order valence-electron chi connectivity index (χ4n) is 4.85. The van der Waals surface area contributed by atoms with Gasteiger partial charge in [-0.2, -0.15) is 0 Å². The number of carbonyl (C=O) groups is 2. The number of benzene rings is 1. The summed E-state index contributed by atoms with van der Waals surface area (Å²) < 4.78 is 11.5. The van der Waals surface area contributed by atoms with E-state index in [0.717, 1.165) is 39.3 Å². The van der Waals surface area contributed by atoms with Gasteiger partial charge in [-0.25, -0.2) is 0 Å². The highest BCUT2D eigenvalue weighted by atomic mass is 16.5. The Hall–Kier alpha value is -2.97. The van der Waals surface area contributed by atoms with Crippen LogP contribution in [0.15, 0.2) is 48.7 Å². The van der Waals surface area contributed by atoms with Crippen LogP contribution in [0, 0.1) is 0 Å². The molecule has 0 aliphatic carbocycles. The molecule has 0 spiro atoms. The quantitative estimate of drug-likeness (QED) is 0.622. The maximum absolute atomic E-state index is 13.7. The van der Waals surface area contributed by atoms with Crippen LogP contribution in [0.1, 0.15) is 28.9 Å². The molecule has 2 fully saturated rings. The number of hydrogen-bond acceptors (Lipinski definition) is 6. The third kappa shape index (κ3) is 5.23. The maximum Gasteiger partial charge on any atom is 0.257 e. The SMILES string of the molecule is CN(C)C(=O)[C@@]1(c2ccccn2)CCCN(C(=O)c2ccccc2OCCN2CCOCC2)C1. The number of nitrogens with zero attached hydrogens (tertiary/aromatic N) is 4. The number of para-hydroxylation sites is 1. The molecule has 2 saturated heterocycles.